The minimum atomic E-state index is 0.155. The SMILES string of the molecule is CCc1cc(C)c(C(C)(C)C)c(C)c1.Cc1cc(C)c(C(C)(C)C)c(C)c1.Cc1cc(O)cc(C)c1C(C)(C)C.Cc1ccc(C)c(C(C)(C)C)c1C. The van der Waals surface area contributed by atoms with Gasteiger partial charge >= 0.3 is 0 Å². The highest BCUT2D eigenvalue weighted by atomic mass is 16.3. The molecule has 4 rings (SSSR count). The van der Waals surface area contributed by atoms with Gasteiger partial charge in [0.25, 0.3) is 0 Å². The summed E-state index contributed by atoms with van der Waals surface area (Å²) in [6.45, 7) is 51.1. The molecule has 1 heteroatoms. The Hall–Kier alpha value is -3.32. The maximum absolute atomic E-state index is 9.38. The molecule has 1 nitrogen and oxygen atoms in total. The average molecular weight is 721 g/mol. The van der Waals surface area contributed by atoms with Crippen molar-refractivity contribution in [3.05, 3.63) is 132 Å². The van der Waals surface area contributed by atoms with E-state index in [1.807, 2.05) is 26.0 Å². The van der Waals surface area contributed by atoms with Crippen LogP contribution in [-0.2, 0) is 28.1 Å². The molecular weight excluding hydrogens is 641 g/mol. The summed E-state index contributed by atoms with van der Waals surface area (Å²) in [6, 6.07) is 17.3. The van der Waals surface area contributed by atoms with Crippen molar-refractivity contribution in [2.24, 2.45) is 0 Å². The van der Waals surface area contributed by atoms with Crippen molar-refractivity contribution in [3.63, 3.8) is 0 Å². The van der Waals surface area contributed by atoms with Gasteiger partial charge in [0.05, 0.1) is 0 Å². The lowest BCUT2D eigenvalue weighted by Gasteiger charge is -2.25. The van der Waals surface area contributed by atoms with Gasteiger partial charge in [-0.1, -0.05) is 132 Å². The van der Waals surface area contributed by atoms with Gasteiger partial charge in [-0.2, -0.15) is 0 Å². The number of aryl methyl sites for hydroxylation is 10. The predicted octanol–water partition coefficient (Wildman–Crippen LogP) is 15.3. The molecule has 0 heterocycles. The molecule has 0 atom stereocenters. The largest absolute Gasteiger partial charge is 0.508 e. The van der Waals surface area contributed by atoms with Crippen LogP contribution >= 0.6 is 0 Å². The fourth-order valence-corrected chi connectivity index (χ4v) is 9.03. The molecule has 0 radical (unpaired) electrons. The van der Waals surface area contributed by atoms with E-state index in [9.17, 15) is 5.11 Å². The molecule has 0 aromatic heterocycles. The molecule has 4 aromatic carbocycles. The lowest BCUT2D eigenvalue weighted by Crippen LogP contribution is -2.15. The number of aromatic hydroxyl groups is 1. The molecule has 4 aromatic rings. The molecule has 1 N–H and O–H groups in total. The van der Waals surface area contributed by atoms with E-state index in [1.54, 1.807) is 0 Å². The van der Waals surface area contributed by atoms with E-state index in [0.29, 0.717) is 5.75 Å². The van der Waals surface area contributed by atoms with Crippen LogP contribution in [-0.4, -0.2) is 5.11 Å². The molecule has 0 aliphatic carbocycles. The first-order valence-corrected chi connectivity index (χ1v) is 19.9. The highest BCUT2D eigenvalue weighted by Gasteiger charge is 2.21. The van der Waals surface area contributed by atoms with Crippen LogP contribution in [0.25, 0.3) is 0 Å². The van der Waals surface area contributed by atoms with E-state index in [-0.39, 0.29) is 21.7 Å². The maximum Gasteiger partial charge on any atom is 0.116 e. The molecule has 0 unspecified atom stereocenters. The van der Waals surface area contributed by atoms with Gasteiger partial charge in [0.15, 0.2) is 0 Å². The Morgan fingerprint density at radius 1 is 0.377 bits per heavy atom. The van der Waals surface area contributed by atoms with Crippen molar-refractivity contribution in [3.8, 4) is 5.75 Å². The number of hydrogen-bond donors (Lipinski definition) is 1. The summed E-state index contributed by atoms with van der Waals surface area (Å²) in [5.41, 5.74) is 21.9. The monoisotopic (exact) mass is 721 g/mol. The van der Waals surface area contributed by atoms with Gasteiger partial charge in [-0.25, -0.2) is 0 Å². The summed E-state index contributed by atoms with van der Waals surface area (Å²) in [5.74, 6) is 0.364. The van der Waals surface area contributed by atoms with E-state index in [1.165, 1.54) is 83.5 Å². The third-order valence-electron chi connectivity index (χ3n) is 10.1. The van der Waals surface area contributed by atoms with Gasteiger partial charge in [0.2, 0.25) is 0 Å². The van der Waals surface area contributed by atoms with Crippen molar-refractivity contribution < 1.29 is 5.11 Å². The summed E-state index contributed by atoms with van der Waals surface area (Å²) < 4.78 is 0. The third kappa shape index (κ3) is 13.8. The van der Waals surface area contributed by atoms with Crippen molar-refractivity contribution in [1.82, 2.24) is 0 Å². The topological polar surface area (TPSA) is 20.2 Å². The van der Waals surface area contributed by atoms with Crippen LogP contribution in [0.5, 0.6) is 5.75 Å². The summed E-state index contributed by atoms with van der Waals surface area (Å²) in [4.78, 5) is 0. The maximum atomic E-state index is 9.38. The van der Waals surface area contributed by atoms with Crippen molar-refractivity contribution in [1.29, 1.82) is 0 Å². The van der Waals surface area contributed by atoms with E-state index in [0.717, 1.165) is 6.42 Å². The van der Waals surface area contributed by atoms with Crippen molar-refractivity contribution >= 4 is 0 Å². The molecule has 0 aliphatic heterocycles. The zero-order valence-corrected chi connectivity index (χ0v) is 38.8. The van der Waals surface area contributed by atoms with Gasteiger partial charge in [-0.15, -0.1) is 0 Å². The van der Waals surface area contributed by atoms with Crippen LogP contribution in [0, 0.1) is 69.2 Å². The first-order chi connectivity index (χ1) is 23.8. The Morgan fingerprint density at radius 3 is 0.943 bits per heavy atom. The second-order valence-electron chi connectivity index (χ2n) is 19.9. The fourth-order valence-electron chi connectivity index (χ4n) is 9.03. The predicted molar refractivity (Wildman–Crippen MR) is 239 cm³/mol. The van der Waals surface area contributed by atoms with Gasteiger partial charge in [0.1, 0.15) is 5.75 Å². The molecule has 0 aliphatic rings. The Morgan fingerprint density at radius 2 is 0.660 bits per heavy atom. The van der Waals surface area contributed by atoms with Crippen LogP contribution in [0.4, 0.5) is 0 Å². The van der Waals surface area contributed by atoms with E-state index in [2.05, 4.69) is 182 Å². The van der Waals surface area contributed by atoms with Gasteiger partial charge in [-0.3, -0.25) is 0 Å². The molecular formula is C52H80O. The Bertz CT molecular complexity index is 1680. The number of benzene rings is 4. The van der Waals surface area contributed by atoms with Crippen molar-refractivity contribution in [2.45, 2.75) is 187 Å². The van der Waals surface area contributed by atoms with Crippen LogP contribution < -0.4 is 0 Å². The van der Waals surface area contributed by atoms with Gasteiger partial charge in [-0.05, 0) is 187 Å². The molecule has 0 fully saturated rings. The first-order valence-electron chi connectivity index (χ1n) is 19.9. The second-order valence-corrected chi connectivity index (χ2v) is 19.9. The summed E-state index contributed by atoms with van der Waals surface area (Å²) in [6.07, 6.45) is 1.13. The molecule has 0 spiro atoms. The smallest absolute Gasteiger partial charge is 0.116 e. The second kappa shape index (κ2) is 18.3. The summed E-state index contributed by atoms with van der Waals surface area (Å²) >= 11 is 0. The van der Waals surface area contributed by atoms with E-state index >= 15 is 0 Å². The number of phenolic OH excluding ortho intramolecular Hbond substituents is 1. The molecule has 0 saturated carbocycles. The molecule has 0 amide bonds. The minimum Gasteiger partial charge on any atom is -0.508 e. The van der Waals surface area contributed by atoms with Crippen LogP contribution in [0.3, 0.4) is 0 Å². The van der Waals surface area contributed by atoms with Crippen LogP contribution in [0.1, 0.15) is 173 Å². The number of rotatable bonds is 1. The molecule has 0 bridgehead atoms. The van der Waals surface area contributed by atoms with Crippen LogP contribution in [0.2, 0.25) is 0 Å². The molecule has 53 heavy (non-hydrogen) atoms. The standard InChI is InChI=1S/C14H22.2C13H20.C12H18O/c1-7-12-8-10(2)13(11(3)9-12)14(4,5)6;1-9-7-10(2)12(11(3)8-9)13(4,5)6;1-9-7-8-10(2)12(11(9)3)13(4,5)6;1-8-6-10(13)7-9(2)11(8)12(3,4)5/h8-9H,7H2,1-6H3;2*7-8H,1-6H3;6-7,13H,1-5H3. The highest BCUT2D eigenvalue weighted by molar-refractivity contribution is 5.45. The zero-order valence-electron chi connectivity index (χ0n) is 38.8. The quantitative estimate of drug-likeness (QED) is 0.208. The van der Waals surface area contributed by atoms with E-state index in [4.69, 9.17) is 0 Å². The molecule has 294 valence electrons. The fraction of sp³-hybridized carbons (Fsp3) is 0.538. The lowest BCUT2D eigenvalue weighted by molar-refractivity contribution is 0.472. The Labute approximate surface area is 329 Å². The molecule has 0 saturated heterocycles. The highest BCUT2D eigenvalue weighted by Crippen LogP contribution is 2.33. The zero-order chi connectivity index (χ0) is 41.6. The van der Waals surface area contributed by atoms with Gasteiger partial charge < -0.3 is 5.11 Å². The Kier molecular flexibility index (Phi) is 16.5. The van der Waals surface area contributed by atoms with Crippen molar-refractivity contribution in [2.75, 3.05) is 0 Å². The summed E-state index contributed by atoms with van der Waals surface area (Å²) in [7, 11) is 0. The number of hydrogen-bond acceptors (Lipinski definition) is 1. The van der Waals surface area contributed by atoms with Crippen LogP contribution in [0.15, 0.2) is 48.5 Å². The van der Waals surface area contributed by atoms with E-state index < -0.39 is 0 Å². The van der Waals surface area contributed by atoms with Gasteiger partial charge in [0, 0.05) is 0 Å². The minimum absolute atomic E-state index is 0.155. The third-order valence-corrected chi connectivity index (χ3v) is 10.1. The lowest BCUT2D eigenvalue weighted by atomic mass is 9.80. The Balaban J connectivity index is 0.000000354. The normalized spacial score (nSPS) is 11.8. The average Bonchev–Trinajstić information content (AvgIpc) is 2.91. The number of phenols is 1. The summed E-state index contributed by atoms with van der Waals surface area (Å²) in [5, 5.41) is 9.38. The first kappa shape index (κ1) is 47.7.